The molecule has 7 heteroatoms. The van der Waals surface area contributed by atoms with E-state index in [0.717, 1.165) is 23.4 Å². The Morgan fingerprint density at radius 3 is 2.79 bits per heavy atom. The molecule has 122 valence electrons. The van der Waals surface area contributed by atoms with Crippen LogP contribution in [0.5, 0.6) is 0 Å². The van der Waals surface area contributed by atoms with Gasteiger partial charge in [-0.3, -0.25) is 4.79 Å². The lowest BCUT2D eigenvalue weighted by molar-refractivity contribution is 0.0884. The molecule has 0 radical (unpaired) electrons. The molecule has 1 saturated carbocycles. The smallest absolute Gasteiger partial charge is 0.270 e. The maximum Gasteiger partial charge on any atom is 0.270 e. The van der Waals surface area contributed by atoms with E-state index in [1.807, 2.05) is 22.2 Å². The van der Waals surface area contributed by atoms with Gasteiger partial charge in [-0.25, -0.2) is 14.6 Å². The van der Waals surface area contributed by atoms with E-state index >= 15 is 0 Å². The quantitative estimate of drug-likeness (QED) is 0.793. The normalized spacial score (nSPS) is 19.7. The summed E-state index contributed by atoms with van der Waals surface area (Å²) < 4.78 is 1.85. The number of hydrogen-bond donors (Lipinski definition) is 1. The number of carbonyl (C=O) groups is 1. The maximum atomic E-state index is 12.3. The third kappa shape index (κ3) is 2.94. The lowest BCUT2D eigenvalue weighted by Crippen LogP contribution is -2.45. The van der Waals surface area contributed by atoms with Gasteiger partial charge < -0.3 is 5.32 Å². The molecule has 2 heterocycles. The lowest BCUT2D eigenvalue weighted by atomic mass is 9.87. The second-order valence-corrected chi connectivity index (χ2v) is 6.93. The highest BCUT2D eigenvalue weighted by Gasteiger charge is 2.32. The first-order valence-electron chi connectivity index (χ1n) is 7.86. The van der Waals surface area contributed by atoms with Gasteiger partial charge in [0.1, 0.15) is 23.4 Å². The van der Waals surface area contributed by atoms with Crippen molar-refractivity contribution in [3.05, 3.63) is 53.6 Å². The van der Waals surface area contributed by atoms with E-state index in [-0.39, 0.29) is 11.9 Å². The topological polar surface area (TPSA) is 72.7 Å². The number of thiazole rings is 1. The molecular formula is C17H17N5OS. The summed E-state index contributed by atoms with van der Waals surface area (Å²) in [5, 5.41) is 9.86. The van der Waals surface area contributed by atoms with Crippen LogP contribution in [0.3, 0.4) is 0 Å². The Bertz CT molecular complexity index is 834. The van der Waals surface area contributed by atoms with Crippen molar-refractivity contribution in [2.24, 2.45) is 0 Å². The van der Waals surface area contributed by atoms with Crippen molar-refractivity contribution >= 4 is 17.2 Å². The number of rotatable bonds is 4. The summed E-state index contributed by atoms with van der Waals surface area (Å²) in [6.45, 7) is 2.05. The average Bonchev–Trinajstić information content (AvgIpc) is 3.22. The Morgan fingerprint density at radius 2 is 2.08 bits per heavy atom. The number of nitrogens with one attached hydrogen (secondary N) is 1. The van der Waals surface area contributed by atoms with E-state index < -0.39 is 0 Å². The van der Waals surface area contributed by atoms with Gasteiger partial charge in [-0.2, -0.15) is 5.10 Å². The number of amides is 1. The Balaban J connectivity index is 1.37. The predicted octanol–water partition coefficient (Wildman–Crippen LogP) is 2.84. The van der Waals surface area contributed by atoms with Gasteiger partial charge in [0.15, 0.2) is 0 Å². The minimum atomic E-state index is -0.105. The van der Waals surface area contributed by atoms with Crippen LogP contribution in [0, 0.1) is 6.92 Å². The molecule has 0 atom stereocenters. The lowest BCUT2D eigenvalue weighted by Gasteiger charge is -2.35. The molecule has 1 N–H and O–H groups in total. The summed E-state index contributed by atoms with van der Waals surface area (Å²) in [4.78, 5) is 20.8. The Morgan fingerprint density at radius 1 is 1.29 bits per heavy atom. The second kappa shape index (κ2) is 6.16. The van der Waals surface area contributed by atoms with Crippen LogP contribution < -0.4 is 5.32 Å². The Hall–Kier alpha value is -2.54. The van der Waals surface area contributed by atoms with Crippen molar-refractivity contribution in [3.8, 4) is 10.6 Å². The molecule has 2 aromatic heterocycles. The summed E-state index contributed by atoms with van der Waals surface area (Å²) in [5.41, 5.74) is 2.74. The van der Waals surface area contributed by atoms with Gasteiger partial charge in [-0.15, -0.1) is 11.3 Å². The first-order chi connectivity index (χ1) is 11.7. The first kappa shape index (κ1) is 15.0. The van der Waals surface area contributed by atoms with Gasteiger partial charge >= 0.3 is 0 Å². The molecule has 1 amide bonds. The summed E-state index contributed by atoms with van der Waals surface area (Å²) in [6.07, 6.45) is 5.01. The van der Waals surface area contributed by atoms with Crippen molar-refractivity contribution in [1.29, 1.82) is 0 Å². The fraction of sp³-hybridized carbons (Fsp3) is 0.294. The molecule has 3 aromatic rings. The molecule has 1 aromatic carbocycles. The molecule has 0 bridgehead atoms. The first-order valence-corrected chi connectivity index (χ1v) is 8.74. The molecule has 0 saturated heterocycles. The number of aromatic nitrogens is 4. The minimum absolute atomic E-state index is 0.105. The summed E-state index contributed by atoms with van der Waals surface area (Å²) in [6, 6.07) is 8.67. The SMILES string of the molecule is Cc1ccc(-c2nc(C(=O)NC3CC(n4cncn4)C3)cs2)cc1. The standard InChI is InChI=1S/C17H17N5OS/c1-11-2-4-12(5-3-11)17-21-15(8-24-17)16(23)20-13-6-14(7-13)22-10-18-9-19-22/h2-5,8-10,13-14H,6-7H2,1H3,(H,20,23). The number of hydrogen-bond acceptors (Lipinski definition) is 5. The minimum Gasteiger partial charge on any atom is -0.348 e. The van der Waals surface area contributed by atoms with Gasteiger partial charge in [0.05, 0.1) is 6.04 Å². The van der Waals surface area contributed by atoms with Crippen LogP contribution in [0.25, 0.3) is 10.6 Å². The number of aryl methyl sites for hydroxylation is 1. The molecule has 0 unspecified atom stereocenters. The third-order valence-corrected chi connectivity index (χ3v) is 5.19. The molecule has 24 heavy (non-hydrogen) atoms. The van der Waals surface area contributed by atoms with Crippen LogP contribution in [0.4, 0.5) is 0 Å². The summed E-state index contributed by atoms with van der Waals surface area (Å²) in [7, 11) is 0. The number of carbonyl (C=O) groups excluding carboxylic acids is 1. The van der Waals surface area contributed by atoms with Crippen LogP contribution in [-0.2, 0) is 0 Å². The highest BCUT2D eigenvalue weighted by molar-refractivity contribution is 7.13. The molecule has 6 nitrogen and oxygen atoms in total. The monoisotopic (exact) mass is 339 g/mol. The van der Waals surface area contributed by atoms with Gasteiger partial charge in [0.2, 0.25) is 0 Å². The van der Waals surface area contributed by atoms with E-state index in [1.54, 1.807) is 6.33 Å². The fourth-order valence-electron chi connectivity index (χ4n) is 2.79. The number of nitrogens with zero attached hydrogens (tertiary/aromatic N) is 4. The fourth-order valence-corrected chi connectivity index (χ4v) is 3.60. The highest BCUT2D eigenvalue weighted by Crippen LogP contribution is 2.31. The zero-order valence-corrected chi connectivity index (χ0v) is 14.0. The van der Waals surface area contributed by atoms with Crippen molar-refractivity contribution in [3.63, 3.8) is 0 Å². The number of benzene rings is 1. The molecule has 1 fully saturated rings. The van der Waals surface area contributed by atoms with Crippen molar-refractivity contribution in [2.75, 3.05) is 0 Å². The van der Waals surface area contributed by atoms with Crippen molar-refractivity contribution in [1.82, 2.24) is 25.1 Å². The van der Waals surface area contributed by atoms with E-state index in [2.05, 4.69) is 39.4 Å². The van der Waals surface area contributed by atoms with Crippen LogP contribution in [0.1, 0.15) is 34.9 Å². The average molecular weight is 339 g/mol. The zero-order chi connectivity index (χ0) is 16.5. The van der Waals surface area contributed by atoms with Gasteiger partial charge in [0, 0.05) is 17.0 Å². The van der Waals surface area contributed by atoms with Gasteiger partial charge in [-0.1, -0.05) is 29.8 Å². The van der Waals surface area contributed by atoms with Crippen LogP contribution in [-0.4, -0.2) is 31.7 Å². The van der Waals surface area contributed by atoms with Crippen LogP contribution in [0.2, 0.25) is 0 Å². The summed E-state index contributed by atoms with van der Waals surface area (Å²) in [5.74, 6) is -0.105. The predicted molar refractivity (Wildman–Crippen MR) is 91.8 cm³/mol. The van der Waals surface area contributed by atoms with Gasteiger partial charge in [-0.05, 0) is 19.8 Å². The zero-order valence-electron chi connectivity index (χ0n) is 13.2. The van der Waals surface area contributed by atoms with E-state index in [9.17, 15) is 4.79 Å². The van der Waals surface area contributed by atoms with Crippen molar-refractivity contribution < 1.29 is 4.79 Å². The summed E-state index contributed by atoms with van der Waals surface area (Å²) >= 11 is 1.49. The van der Waals surface area contributed by atoms with Crippen LogP contribution >= 0.6 is 11.3 Å². The molecular weight excluding hydrogens is 322 g/mol. The van der Waals surface area contributed by atoms with Crippen molar-refractivity contribution in [2.45, 2.75) is 31.8 Å². The highest BCUT2D eigenvalue weighted by atomic mass is 32.1. The molecule has 0 spiro atoms. The van der Waals surface area contributed by atoms with Gasteiger partial charge in [0.25, 0.3) is 5.91 Å². The second-order valence-electron chi connectivity index (χ2n) is 6.08. The Kier molecular flexibility index (Phi) is 3.86. The van der Waals surface area contributed by atoms with Crippen LogP contribution in [0.15, 0.2) is 42.3 Å². The Labute approximate surface area is 143 Å². The third-order valence-electron chi connectivity index (χ3n) is 4.29. The maximum absolute atomic E-state index is 12.3. The molecule has 1 aliphatic carbocycles. The van der Waals surface area contributed by atoms with E-state index in [0.29, 0.717) is 11.7 Å². The van der Waals surface area contributed by atoms with E-state index in [1.165, 1.54) is 23.2 Å². The molecule has 4 rings (SSSR count). The molecule has 1 aliphatic rings. The largest absolute Gasteiger partial charge is 0.348 e. The molecule has 0 aliphatic heterocycles. The van der Waals surface area contributed by atoms with E-state index in [4.69, 9.17) is 0 Å².